The number of para-hydroxylation sites is 2. The van der Waals surface area contributed by atoms with Crippen molar-refractivity contribution in [3.05, 3.63) is 36.4 Å². The van der Waals surface area contributed by atoms with Crippen molar-refractivity contribution in [2.75, 3.05) is 19.0 Å². The largest absolute Gasteiger partial charge is 0.495 e. The third-order valence-corrected chi connectivity index (χ3v) is 2.15. The maximum atomic E-state index is 5.20. The van der Waals surface area contributed by atoms with E-state index in [4.69, 9.17) is 17.0 Å². The number of nitrogens with one attached hydrogen (secondary N) is 2. The van der Waals surface area contributed by atoms with Crippen LogP contribution in [0, 0.1) is 0 Å². The summed E-state index contributed by atoms with van der Waals surface area (Å²) in [5.41, 5.74) is 1.88. The summed E-state index contributed by atoms with van der Waals surface area (Å²) >= 11 is 5.14. The van der Waals surface area contributed by atoms with Crippen molar-refractivity contribution in [3.63, 3.8) is 0 Å². The second-order valence-corrected chi connectivity index (χ2v) is 3.87. The molecule has 0 saturated heterocycles. The number of anilines is 1. The predicted octanol–water partition coefficient (Wildman–Crippen LogP) is 2.56. The molecule has 0 fully saturated rings. The predicted molar refractivity (Wildman–Crippen MR) is 72.0 cm³/mol. The Kier molecular flexibility index (Phi) is 4.79. The van der Waals surface area contributed by atoms with E-state index in [0.29, 0.717) is 11.7 Å². The smallest absolute Gasteiger partial charge is 0.171 e. The molecule has 0 radical (unpaired) electrons. The molecule has 0 amide bonds. The summed E-state index contributed by atoms with van der Waals surface area (Å²) in [4.78, 5) is 0. The van der Waals surface area contributed by atoms with Crippen LogP contribution in [0.25, 0.3) is 0 Å². The molecule has 1 aromatic rings. The SMILES string of the molecule is C=C(C)CNC(=S)Nc1ccccc1OC. The minimum Gasteiger partial charge on any atom is -0.495 e. The highest BCUT2D eigenvalue weighted by molar-refractivity contribution is 7.80. The molecule has 0 spiro atoms. The van der Waals surface area contributed by atoms with Crippen molar-refractivity contribution < 1.29 is 4.74 Å². The van der Waals surface area contributed by atoms with Gasteiger partial charge in [-0.05, 0) is 31.3 Å². The molecule has 0 heterocycles. The summed E-state index contributed by atoms with van der Waals surface area (Å²) in [7, 11) is 1.63. The van der Waals surface area contributed by atoms with E-state index < -0.39 is 0 Å². The molecule has 0 unspecified atom stereocenters. The van der Waals surface area contributed by atoms with Crippen LogP contribution in [0.5, 0.6) is 5.75 Å². The van der Waals surface area contributed by atoms with Gasteiger partial charge in [-0.1, -0.05) is 24.3 Å². The van der Waals surface area contributed by atoms with Crippen LogP contribution in [0.3, 0.4) is 0 Å². The second kappa shape index (κ2) is 6.12. The average Bonchev–Trinajstić information content (AvgIpc) is 2.27. The second-order valence-electron chi connectivity index (χ2n) is 3.47. The third-order valence-electron chi connectivity index (χ3n) is 1.91. The van der Waals surface area contributed by atoms with Gasteiger partial charge in [-0.2, -0.15) is 0 Å². The summed E-state index contributed by atoms with van der Waals surface area (Å²) in [5.74, 6) is 0.766. The number of ether oxygens (including phenoxy) is 1. The molecule has 16 heavy (non-hydrogen) atoms. The van der Waals surface area contributed by atoms with Gasteiger partial charge in [0.15, 0.2) is 5.11 Å². The first kappa shape index (κ1) is 12.5. The Hall–Kier alpha value is -1.55. The zero-order valence-corrected chi connectivity index (χ0v) is 10.4. The maximum Gasteiger partial charge on any atom is 0.171 e. The van der Waals surface area contributed by atoms with Crippen LogP contribution in [0.2, 0.25) is 0 Å². The molecule has 1 rings (SSSR count). The summed E-state index contributed by atoms with van der Waals surface area (Å²) in [5, 5.41) is 6.68. The first-order valence-corrected chi connectivity index (χ1v) is 5.36. The molecular formula is C12H16N2OS. The summed E-state index contributed by atoms with van der Waals surface area (Å²) in [6.07, 6.45) is 0. The van der Waals surface area contributed by atoms with Gasteiger partial charge in [0, 0.05) is 6.54 Å². The van der Waals surface area contributed by atoms with E-state index in [1.807, 2.05) is 31.2 Å². The Bertz CT molecular complexity index is 390. The third kappa shape index (κ3) is 3.90. The van der Waals surface area contributed by atoms with E-state index in [9.17, 15) is 0 Å². The molecule has 86 valence electrons. The highest BCUT2D eigenvalue weighted by Gasteiger charge is 2.02. The molecule has 4 heteroatoms. The molecule has 3 nitrogen and oxygen atoms in total. The summed E-state index contributed by atoms with van der Waals surface area (Å²) < 4.78 is 5.20. The first-order chi connectivity index (χ1) is 7.63. The van der Waals surface area contributed by atoms with Crippen LogP contribution < -0.4 is 15.4 Å². The van der Waals surface area contributed by atoms with Crippen molar-refractivity contribution >= 4 is 23.0 Å². The van der Waals surface area contributed by atoms with Crippen LogP contribution in [0.4, 0.5) is 5.69 Å². The van der Waals surface area contributed by atoms with Crippen molar-refractivity contribution in [2.24, 2.45) is 0 Å². The van der Waals surface area contributed by atoms with Crippen molar-refractivity contribution in [3.8, 4) is 5.75 Å². The van der Waals surface area contributed by atoms with E-state index in [1.54, 1.807) is 7.11 Å². The van der Waals surface area contributed by atoms with Crippen LogP contribution in [-0.2, 0) is 0 Å². The van der Waals surface area contributed by atoms with Gasteiger partial charge in [0.05, 0.1) is 12.8 Å². The number of thiocarbonyl (C=S) groups is 1. The van der Waals surface area contributed by atoms with Gasteiger partial charge in [-0.15, -0.1) is 0 Å². The van der Waals surface area contributed by atoms with Crippen LogP contribution in [-0.4, -0.2) is 18.8 Å². The van der Waals surface area contributed by atoms with Crippen LogP contribution >= 0.6 is 12.2 Å². The van der Waals surface area contributed by atoms with Gasteiger partial charge in [0.25, 0.3) is 0 Å². The number of hydrogen-bond donors (Lipinski definition) is 2. The minimum absolute atomic E-state index is 0.563. The number of hydrogen-bond acceptors (Lipinski definition) is 2. The van der Waals surface area contributed by atoms with Crippen molar-refractivity contribution in [2.45, 2.75) is 6.92 Å². The van der Waals surface area contributed by atoms with Crippen molar-refractivity contribution in [1.29, 1.82) is 0 Å². The standard InChI is InChI=1S/C12H16N2OS/c1-9(2)8-13-12(16)14-10-6-4-5-7-11(10)15-3/h4-7H,1,8H2,2-3H3,(H2,13,14,16). The van der Waals surface area contributed by atoms with E-state index >= 15 is 0 Å². The van der Waals surface area contributed by atoms with Crippen LogP contribution in [0.1, 0.15) is 6.92 Å². The monoisotopic (exact) mass is 236 g/mol. The van der Waals surface area contributed by atoms with Gasteiger partial charge in [-0.25, -0.2) is 0 Å². The summed E-state index contributed by atoms with van der Waals surface area (Å²) in [6, 6.07) is 7.62. The van der Waals surface area contributed by atoms with Crippen LogP contribution in [0.15, 0.2) is 36.4 Å². The highest BCUT2D eigenvalue weighted by atomic mass is 32.1. The lowest BCUT2D eigenvalue weighted by molar-refractivity contribution is 0.417. The molecule has 2 N–H and O–H groups in total. The lowest BCUT2D eigenvalue weighted by Gasteiger charge is -2.12. The summed E-state index contributed by atoms with van der Waals surface area (Å²) in [6.45, 7) is 6.40. The first-order valence-electron chi connectivity index (χ1n) is 4.95. The Morgan fingerprint density at radius 1 is 1.44 bits per heavy atom. The number of rotatable bonds is 4. The van der Waals surface area contributed by atoms with Gasteiger partial charge in [0.1, 0.15) is 5.75 Å². The molecule has 0 aliphatic carbocycles. The minimum atomic E-state index is 0.563. The normalized spacial score (nSPS) is 9.38. The fourth-order valence-corrected chi connectivity index (χ4v) is 1.33. The van der Waals surface area contributed by atoms with Gasteiger partial charge >= 0.3 is 0 Å². The zero-order chi connectivity index (χ0) is 12.0. The molecule has 0 atom stereocenters. The van der Waals surface area contributed by atoms with E-state index in [2.05, 4.69) is 17.2 Å². The topological polar surface area (TPSA) is 33.3 Å². The number of methoxy groups -OCH3 is 1. The quantitative estimate of drug-likeness (QED) is 0.622. The molecule has 0 aliphatic rings. The Morgan fingerprint density at radius 2 is 2.12 bits per heavy atom. The fraction of sp³-hybridized carbons (Fsp3) is 0.250. The molecule has 0 aromatic heterocycles. The maximum absolute atomic E-state index is 5.20. The van der Waals surface area contributed by atoms with Gasteiger partial charge in [-0.3, -0.25) is 0 Å². The van der Waals surface area contributed by atoms with E-state index in [-0.39, 0.29) is 0 Å². The number of benzene rings is 1. The zero-order valence-electron chi connectivity index (χ0n) is 9.54. The Labute approximate surface area is 102 Å². The lowest BCUT2D eigenvalue weighted by atomic mass is 10.3. The average molecular weight is 236 g/mol. The Balaban J connectivity index is 2.58. The van der Waals surface area contributed by atoms with Crippen molar-refractivity contribution in [1.82, 2.24) is 5.32 Å². The van der Waals surface area contributed by atoms with Gasteiger partial charge in [0.2, 0.25) is 0 Å². The Morgan fingerprint density at radius 3 is 2.75 bits per heavy atom. The molecule has 0 bridgehead atoms. The molecule has 0 aliphatic heterocycles. The highest BCUT2D eigenvalue weighted by Crippen LogP contribution is 2.22. The van der Waals surface area contributed by atoms with E-state index in [1.165, 1.54) is 0 Å². The van der Waals surface area contributed by atoms with E-state index in [0.717, 1.165) is 17.0 Å². The fourth-order valence-electron chi connectivity index (χ4n) is 1.15. The lowest BCUT2D eigenvalue weighted by Crippen LogP contribution is -2.29. The molecule has 1 aromatic carbocycles. The molecule has 0 saturated carbocycles. The molecular weight excluding hydrogens is 220 g/mol. The van der Waals surface area contributed by atoms with Gasteiger partial charge < -0.3 is 15.4 Å².